The van der Waals surface area contributed by atoms with Crippen LogP contribution < -0.4 is 20.1 Å². The van der Waals surface area contributed by atoms with E-state index >= 15 is 0 Å². The maximum absolute atomic E-state index is 12.2. The van der Waals surface area contributed by atoms with Crippen molar-refractivity contribution < 1.29 is 27.4 Å². The van der Waals surface area contributed by atoms with Crippen LogP contribution in [0.3, 0.4) is 0 Å². The van der Waals surface area contributed by atoms with E-state index in [0.29, 0.717) is 12.5 Å². The maximum atomic E-state index is 12.2. The van der Waals surface area contributed by atoms with Crippen molar-refractivity contribution in [3.8, 4) is 11.5 Å². The summed E-state index contributed by atoms with van der Waals surface area (Å²) in [6.45, 7) is 0.618. The fourth-order valence-corrected chi connectivity index (χ4v) is 1.79. The van der Waals surface area contributed by atoms with E-state index in [1.54, 1.807) is 6.07 Å². The Balaban J connectivity index is 0.00000264. The van der Waals surface area contributed by atoms with E-state index in [4.69, 9.17) is 4.74 Å². The molecule has 2 rings (SSSR count). The number of carbonyl (C=O) groups excluding carboxylic acids is 1. The van der Waals surface area contributed by atoms with Crippen molar-refractivity contribution in [3.63, 3.8) is 0 Å². The van der Waals surface area contributed by atoms with Crippen LogP contribution in [0.4, 0.5) is 13.2 Å². The number of rotatable bonds is 7. The van der Waals surface area contributed by atoms with Crippen molar-refractivity contribution in [3.05, 3.63) is 24.3 Å². The SMILES string of the molecule is Cl.O=C(COc1ccccc1OCC(F)(F)F)NCC1CNC1. The largest absolute Gasteiger partial charge is 0.480 e. The third-order valence-corrected chi connectivity index (χ3v) is 3.05. The van der Waals surface area contributed by atoms with Gasteiger partial charge < -0.3 is 20.1 Å². The number of nitrogens with one attached hydrogen (secondary N) is 2. The van der Waals surface area contributed by atoms with E-state index in [9.17, 15) is 18.0 Å². The molecule has 5 nitrogen and oxygen atoms in total. The summed E-state index contributed by atoms with van der Waals surface area (Å²) in [5.74, 6) is 0.159. The molecule has 1 amide bonds. The van der Waals surface area contributed by atoms with Gasteiger partial charge >= 0.3 is 6.18 Å². The smallest absolute Gasteiger partial charge is 0.422 e. The zero-order chi connectivity index (χ0) is 16.0. The molecule has 130 valence electrons. The van der Waals surface area contributed by atoms with Crippen LogP contribution in [-0.2, 0) is 4.79 Å². The van der Waals surface area contributed by atoms with Crippen LogP contribution in [0.5, 0.6) is 11.5 Å². The number of hydrogen-bond acceptors (Lipinski definition) is 4. The van der Waals surface area contributed by atoms with Gasteiger partial charge in [-0.05, 0) is 12.1 Å². The highest BCUT2D eigenvalue weighted by Gasteiger charge is 2.29. The molecule has 1 aromatic carbocycles. The number of halogens is 4. The number of ether oxygens (including phenoxy) is 2. The summed E-state index contributed by atoms with van der Waals surface area (Å²) in [5.41, 5.74) is 0. The number of benzene rings is 1. The topological polar surface area (TPSA) is 59.6 Å². The summed E-state index contributed by atoms with van der Waals surface area (Å²) in [6.07, 6.45) is -4.43. The molecule has 1 fully saturated rings. The summed E-state index contributed by atoms with van der Waals surface area (Å²) in [4.78, 5) is 11.6. The van der Waals surface area contributed by atoms with Crippen LogP contribution in [0.15, 0.2) is 24.3 Å². The van der Waals surface area contributed by atoms with E-state index in [1.165, 1.54) is 18.2 Å². The molecule has 9 heteroatoms. The molecule has 23 heavy (non-hydrogen) atoms. The number of carbonyl (C=O) groups is 1. The number of hydrogen-bond donors (Lipinski definition) is 2. The van der Waals surface area contributed by atoms with Crippen molar-refractivity contribution >= 4 is 18.3 Å². The molecule has 0 aliphatic carbocycles. The average Bonchev–Trinajstić information content (AvgIpc) is 2.41. The molecule has 0 atom stereocenters. The number of para-hydroxylation sites is 2. The van der Waals surface area contributed by atoms with Gasteiger partial charge in [0.25, 0.3) is 5.91 Å². The minimum atomic E-state index is -4.43. The number of alkyl halides is 3. The predicted molar refractivity (Wildman–Crippen MR) is 80.1 cm³/mol. The second kappa shape index (κ2) is 8.83. The first kappa shape index (κ1) is 19.4. The minimum Gasteiger partial charge on any atom is -0.480 e. The Morgan fingerprint density at radius 2 is 1.83 bits per heavy atom. The summed E-state index contributed by atoms with van der Waals surface area (Å²) in [6, 6.07) is 5.93. The molecule has 1 heterocycles. The van der Waals surface area contributed by atoms with Gasteiger partial charge in [-0.15, -0.1) is 12.4 Å². The molecular weight excluding hydrogens is 337 g/mol. The van der Waals surface area contributed by atoms with Gasteiger partial charge in [0, 0.05) is 25.6 Å². The molecule has 1 aliphatic rings. The summed E-state index contributed by atoms with van der Waals surface area (Å²) >= 11 is 0. The van der Waals surface area contributed by atoms with Crippen LogP contribution >= 0.6 is 12.4 Å². The maximum Gasteiger partial charge on any atom is 0.422 e. The second-order valence-electron chi connectivity index (χ2n) is 4.97. The van der Waals surface area contributed by atoms with Gasteiger partial charge in [-0.3, -0.25) is 4.79 Å². The fraction of sp³-hybridized carbons (Fsp3) is 0.500. The fourth-order valence-electron chi connectivity index (χ4n) is 1.79. The lowest BCUT2D eigenvalue weighted by Gasteiger charge is -2.27. The highest BCUT2D eigenvalue weighted by Crippen LogP contribution is 2.28. The zero-order valence-electron chi connectivity index (χ0n) is 12.2. The Morgan fingerprint density at radius 3 is 2.35 bits per heavy atom. The standard InChI is InChI=1S/C14H17F3N2O3.ClH/c15-14(16,17)9-22-12-4-2-1-3-11(12)21-8-13(20)19-7-10-5-18-6-10;/h1-4,10,18H,5-9H2,(H,19,20);1H. The summed E-state index contributed by atoms with van der Waals surface area (Å²) < 4.78 is 46.4. The van der Waals surface area contributed by atoms with Crippen LogP contribution in [0, 0.1) is 5.92 Å². The van der Waals surface area contributed by atoms with Crippen LogP contribution in [0.25, 0.3) is 0 Å². The van der Waals surface area contributed by atoms with E-state index in [1.807, 2.05) is 0 Å². The Kier molecular flexibility index (Phi) is 7.44. The van der Waals surface area contributed by atoms with Gasteiger partial charge in [0.2, 0.25) is 0 Å². The van der Waals surface area contributed by atoms with Crippen molar-refractivity contribution in [1.82, 2.24) is 10.6 Å². The molecule has 1 aromatic rings. The van der Waals surface area contributed by atoms with Gasteiger partial charge in [0.15, 0.2) is 24.7 Å². The molecular formula is C14H18ClF3N2O3. The molecule has 1 saturated heterocycles. The third kappa shape index (κ3) is 6.96. The second-order valence-corrected chi connectivity index (χ2v) is 4.97. The predicted octanol–water partition coefficient (Wildman–Crippen LogP) is 1.76. The molecule has 0 bridgehead atoms. The third-order valence-electron chi connectivity index (χ3n) is 3.05. The molecule has 0 aromatic heterocycles. The lowest BCUT2D eigenvalue weighted by Crippen LogP contribution is -2.48. The van der Waals surface area contributed by atoms with Crippen LogP contribution in [0.1, 0.15) is 0 Å². The van der Waals surface area contributed by atoms with Gasteiger partial charge in [0.1, 0.15) is 0 Å². The van der Waals surface area contributed by atoms with Crippen molar-refractivity contribution in [2.45, 2.75) is 6.18 Å². The van der Waals surface area contributed by atoms with E-state index < -0.39 is 12.8 Å². The average molecular weight is 355 g/mol. The van der Waals surface area contributed by atoms with Gasteiger partial charge in [0.05, 0.1) is 0 Å². The molecule has 0 radical (unpaired) electrons. The van der Waals surface area contributed by atoms with Crippen LogP contribution in [-0.4, -0.2) is 44.9 Å². The molecule has 1 aliphatic heterocycles. The van der Waals surface area contributed by atoms with Gasteiger partial charge in [-0.2, -0.15) is 13.2 Å². The first-order valence-electron chi connectivity index (χ1n) is 6.83. The van der Waals surface area contributed by atoms with E-state index in [2.05, 4.69) is 15.4 Å². The summed E-state index contributed by atoms with van der Waals surface area (Å²) in [7, 11) is 0. The molecule has 0 spiro atoms. The normalized spacial score (nSPS) is 14.4. The van der Waals surface area contributed by atoms with Gasteiger partial charge in [-0.1, -0.05) is 12.1 Å². The zero-order valence-corrected chi connectivity index (χ0v) is 13.0. The molecule has 0 unspecified atom stereocenters. The van der Waals surface area contributed by atoms with Crippen molar-refractivity contribution in [2.24, 2.45) is 5.92 Å². The van der Waals surface area contributed by atoms with Gasteiger partial charge in [-0.25, -0.2) is 0 Å². The Bertz CT molecular complexity index is 510. The number of amides is 1. The lowest BCUT2D eigenvalue weighted by atomic mass is 10.0. The Hall–Kier alpha value is -1.67. The lowest BCUT2D eigenvalue weighted by molar-refractivity contribution is -0.153. The Labute approximate surface area is 137 Å². The molecule has 2 N–H and O–H groups in total. The van der Waals surface area contributed by atoms with Crippen molar-refractivity contribution in [2.75, 3.05) is 32.8 Å². The first-order chi connectivity index (χ1) is 10.4. The highest BCUT2D eigenvalue weighted by atomic mass is 35.5. The monoisotopic (exact) mass is 354 g/mol. The summed E-state index contributed by atoms with van der Waals surface area (Å²) in [5, 5.41) is 5.79. The molecule has 0 saturated carbocycles. The van der Waals surface area contributed by atoms with E-state index in [0.717, 1.165) is 13.1 Å². The first-order valence-corrected chi connectivity index (χ1v) is 6.83. The van der Waals surface area contributed by atoms with Crippen molar-refractivity contribution in [1.29, 1.82) is 0 Å². The quantitative estimate of drug-likeness (QED) is 0.783. The Morgan fingerprint density at radius 1 is 1.22 bits per heavy atom. The highest BCUT2D eigenvalue weighted by molar-refractivity contribution is 5.85. The van der Waals surface area contributed by atoms with E-state index in [-0.39, 0.29) is 36.4 Å². The van der Waals surface area contributed by atoms with Crippen LogP contribution in [0.2, 0.25) is 0 Å². The minimum absolute atomic E-state index is 0.